The number of carbonyl (C=O) groups excluding carboxylic acids is 1. The third-order valence-corrected chi connectivity index (χ3v) is 5.78. The van der Waals surface area contributed by atoms with E-state index in [2.05, 4.69) is 4.57 Å². The number of nitro benzene ring substituents is 1. The van der Waals surface area contributed by atoms with E-state index >= 15 is 0 Å². The van der Waals surface area contributed by atoms with Gasteiger partial charge in [-0.2, -0.15) is 0 Å². The molecule has 1 heterocycles. The molecule has 0 unspecified atom stereocenters. The summed E-state index contributed by atoms with van der Waals surface area (Å²) in [6, 6.07) is 14.2. The summed E-state index contributed by atoms with van der Waals surface area (Å²) in [5, 5.41) is 12.2. The number of aryl methyl sites for hydroxylation is 1. The normalized spacial score (nSPS) is 13.1. The Balaban J connectivity index is 1.82. The molecule has 0 saturated carbocycles. The molecule has 28 heavy (non-hydrogen) atoms. The quantitative estimate of drug-likeness (QED) is 0.522. The summed E-state index contributed by atoms with van der Waals surface area (Å²) in [7, 11) is 0. The smallest absolute Gasteiger partial charge is 0.284 e. The van der Waals surface area contributed by atoms with Crippen LogP contribution in [0.25, 0.3) is 5.69 Å². The molecule has 2 aromatic carbocycles. The number of nitrogens with two attached hydrogens (primary N) is 1. The van der Waals surface area contributed by atoms with Crippen molar-refractivity contribution in [3.05, 3.63) is 75.6 Å². The number of nitro groups is 1. The van der Waals surface area contributed by atoms with Gasteiger partial charge in [-0.05, 0) is 61.7 Å². The third kappa shape index (κ3) is 3.38. The summed E-state index contributed by atoms with van der Waals surface area (Å²) in [6.45, 7) is 0. The number of para-hydroxylation sites is 1. The van der Waals surface area contributed by atoms with Crippen molar-refractivity contribution in [1.82, 2.24) is 9.55 Å². The second-order valence-electron chi connectivity index (χ2n) is 6.57. The number of fused-ring (bicyclic) bond motifs is 1. The van der Waals surface area contributed by atoms with Crippen molar-refractivity contribution >= 4 is 23.4 Å². The number of primary amides is 1. The molecule has 0 aliphatic heterocycles. The molecule has 1 aliphatic rings. The average molecular weight is 394 g/mol. The number of nitrogens with zero attached hydrogens (tertiary/aromatic N) is 3. The molecule has 142 valence electrons. The highest BCUT2D eigenvalue weighted by Crippen LogP contribution is 2.38. The van der Waals surface area contributed by atoms with Crippen molar-refractivity contribution in [3.8, 4) is 5.69 Å². The number of benzene rings is 2. The summed E-state index contributed by atoms with van der Waals surface area (Å²) in [4.78, 5) is 27.7. The number of hydrogen-bond acceptors (Lipinski definition) is 5. The molecule has 1 aliphatic carbocycles. The SMILES string of the molecule is NC(=O)c1ccc(Sc2nc3c(n2-c2ccccc2)CCCC3)c([N+](=O)[O-])c1. The summed E-state index contributed by atoms with van der Waals surface area (Å²) >= 11 is 1.24. The molecule has 0 saturated heterocycles. The number of rotatable bonds is 5. The lowest BCUT2D eigenvalue weighted by Gasteiger charge is -2.15. The van der Waals surface area contributed by atoms with Crippen LogP contribution in [0.5, 0.6) is 0 Å². The van der Waals surface area contributed by atoms with Gasteiger partial charge < -0.3 is 5.73 Å². The van der Waals surface area contributed by atoms with Gasteiger partial charge in [-0.1, -0.05) is 18.2 Å². The van der Waals surface area contributed by atoms with Gasteiger partial charge in [0.1, 0.15) is 0 Å². The zero-order valence-electron chi connectivity index (χ0n) is 15.0. The predicted octanol–water partition coefficient (Wildman–Crippen LogP) is 3.91. The van der Waals surface area contributed by atoms with Gasteiger partial charge in [0.05, 0.1) is 15.5 Å². The van der Waals surface area contributed by atoms with Gasteiger partial charge in [0.25, 0.3) is 5.69 Å². The average Bonchev–Trinajstić information content (AvgIpc) is 3.06. The minimum atomic E-state index is -0.694. The Morgan fingerprint density at radius 3 is 2.61 bits per heavy atom. The lowest BCUT2D eigenvalue weighted by atomic mass is 10.0. The minimum Gasteiger partial charge on any atom is -0.366 e. The molecule has 2 N–H and O–H groups in total. The predicted molar refractivity (Wildman–Crippen MR) is 106 cm³/mol. The highest BCUT2D eigenvalue weighted by Gasteiger charge is 2.24. The fourth-order valence-electron chi connectivity index (χ4n) is 3.43. The molecular weight excluding hydrogens is 376 g/mol. The maximum Gasteiger partial charge on any atom is 0.284 e. The number of imidazole rings is 1. The van der Waals surface area contributed by atoms with Gasteiger partial charge >= 0.3 is 0 Å². The number of aromatic nitrogens is 2. The highest BCUT2D eigenvalue weighted by molar-refractivity contribution is 7.99. The monoisotopic (exact) mass is 394 g/mol. The molecule has 4 rings (SSSR count). The first-order chi connectivity index (χ1) is 13.5. The van der Waals surface area contributed by atoms with Crippen molar-refractivity contribution in [2.75, 3.05) is 0 Å². The van der Waals surface area contributed by atoms with E-state index < -0.39 is 10.8 Å². The summed E-state index contributed by atoms with van der Waals surface area (Å²) in [6.07, 6.45) is 4.03. The highest BCUT2D eigenvalue weighted by atomic mass is 32.2. The Hall–Kier alpha value is -3.13. The zero-order chi connectivity index (χ0) is 19.7. The van der Waals surface area contributed by atoms with E-state index in [1.165, 1.54) is 23.9 Å². The molecular formula is C20H18N4O3S. The summed E-state index contributed by atoms with van der Waals surface area (Å²) in [5.41, 5.74) is 8.43. The Kier molecular flexibility index (Phi) is 4.87. The van der Waals surface area contributed by atoms with Gasteiger partial charge in [0.15, 0.2) is 5.16 Å². The van der Waals surface area contributed by atoms with Crippen LogP contribution in [-0.2, 0) is 12.8 Å². The molecule has 7 nitrogen and oxygen atoms in total. The van der Waals surface area contributed by atoms with Crippen LogP contribution in [-0.4, -0.2) is 20.4 Å². The Labute approximate surface area is 165 Å². The first-order valence-electron chi connectivity index (χ1n) is 8.96. The minimum absolute atomic E-state index is 0.113. The molecule has 0 radical (unpaired) electrons. The van der Waals surface area contributed by atoms with E-state index in [0.717, 1.165) is 42.8 Å². The molecule has 1 amide bonds. The van der Waals surface area contributed by atoms with Crippen LogP contribution in [0.1, 0.15) is 34.6 Å². The lowest BCUT2D eigenvalue weighted by molar-refractivity contribution is -0.387. The topological polar surface area (TPSA) is 104 Å². The second-order valence-corrected chi connectivity index (χ2v) is 7.58. The number of carbonyl (C=O) groups is 1. The summed E-state index contributed by atoms with van der Waals surface area (Å²) in [5.74, 6) is -0.694. The van der Waals surface area contributed by atoms with E-state index in [4.69, 9.17) is 10.7 Å². The number of hydrogen-bond donors (Lipinski definition) is 1. The first kappa shape index (κ1) is 18.2. The van der Waals surface area contributed by atoms with Gasteiger partial charge in [0, 0.05) is 23.0 Å². The van der Waals surface area contributed by atoms with E-state index in [1.807, 2.05) is 30.3 Å². The molecule has 8 heteroatoms. The molecule has 0 bridgehead atoms. The second kappa shape index (κ2) is 7.47. The van der Waals surface area contributed by atoms with Crippen LogP contribution in [0, 0.1) is 10.1 Å². The molecule has 1 aromatic heterocycles. The molecule has 0 fully saturated rings. The molecule has 0 atom stereocenters. The van der Waals surface area contributed by atoms with Crippen molar-refractivity contribution in [2.24, 2.45) is 5.73 Å². The zero-order valence-corrected chi connectivity index (χ0v) is 15.8. The largest absolute Gasteiger partial charge is 0.366 e. The Morgan fingerprint density at radius 2 is 1.89 bits per heavy atom. The number of amides is 1. The van der Waals surface area contributed by atoms with Crippen LogP contribution in [0.3, 0.4) is 0 Å². The van der Waals surface area contributed by atoms with Crippen molar-refractivity contribution < 1.29 is 9.72 Å². The maximum atomic E-state index is 11.5. The fraction of sp³-hybridized carbons (Fsp3) is 0.200. The van der Waals surface area contributed by atoms with E-state index in [0.29, 0.717) is 10.1 Å². The van der Waals surface area contributed by atoms with Crippen LogP contribution >= 0.6 is 11.8 Å². The van der Waals surface area contributed by atoms with Crippen molar-refractivity contribution in [3.63, 3.8) is 0 Å². The van der Waals surface area contributed by atoms with Crippen LogP contribution in [0.4, 0.5) is 5.69 Å². The van der Waals surface area contributed by atoms with Crippen molar-refractivity contribution in [2.45, 2.75) is 35.7 Å². The van der Waals surface area contributed by atoms with Crippen LogP contribution < -0.4 is 5.73 Å². The lowest BCUT2D eigenvalue weighted by Crippen LogP contribution is -2.11. The van der Waals surface area contributed by atoms with Crippen LogP contribution in [0.2, 0.25) is 0 Å². The molecule has 0 spiro atoms. The fourth-order valence-corrected chi connectivity index (χ4v) is 4.46. The molecule has 3 aromatic rings. The maximum absolute atomic E-state index is 11.5. The Bertz CT molecular complexity index is 1060. The van der Waals surface area contributed by atoms with Crippen LogP contribution in [0.15, 0.2) is 58.6 Å². The Morgan fingerprint density at radius 1 is 1.14 bits per heavy atom. The summed E-state index contributed by atoms with van der Waals surface area (Å²) < 4.78 is 2.09. The standard InChI is InChI=1S/C20H18N4O3S/c21-19(25)13-10-11-18(17(12-13)24(26)27)28-20-22-15-8-4-5-9-16(15)23(20)14-6-2-1-3-7-14/h1-3,6-7,10-12H,4-5,8-9H2,(H2,21,25). The van der Waals surface area contributed by atoms with Crippen molar-refractivity contribution in [1.29, 1.82) is 0 Å². The van der Waals surface area contributed by atoms with E-state index in [1.54, 1.807) is 6.07 Å². The van der Waals surface area contributed by atoms with E-state index in [-0.39, 0.29) is 11.3 Å². The van der Waals surface area contributed by atoms with Gasteiger partial charge in [-0.25, -0.2) is 4.98 Å². The van der Waals surface area contributed by atoms with Gasteiger partial charge in [-0.3, -0.25) is 19.5 Å². The van der Waals surface area contributed by atoms with Gasteiger partial charge in [0.2, 0.25) is 5.91 Å². The first-order valence-corrected chi connectivity index (χ1v) is 9.78. The third-order valence-electron chi connectivity index (χ3n) is 4.76. The van der Waals surface area contributed by atoms with Gasteiger partial charge in [-0.15, -0.1) is 0 Å². The van der Waals surface area contributed by atoms with E-state index in [9.17, 15) is 14.9 Å².